The number of nitrogens with one attached hydrogen (secondary N) is 2. The Morgan fingerprint density at radius 1 is 1.25 bits per heavy atom. The second kappa shape index (κ2) is 7.14. The monoisotopic (exact) mass is 342 g/mol. The summed E-state index contributed by atoms with van der Waals surface area (Å²) in [4.78, 5) is 20.5. The molecule has 3 aromatic rings. The SMILES string of the molecule is Cc1ccc(Cl)cc1NC(=O)c1cnc(NCc2ccco2)cn1. The maximum atomic E-state index is 12.2. The van der Waals surface area contributed by atoms with E-state index >= 15 is 0 Å². The Labute approximate surface area is 143 Å². The predicted octanol–water partition coefficient (Wildman–Crippen LogP) is 3.90. The Bertz CT molecular complexity index is 832. The van der Waals surface area contributed by atoms with Gasteiger partial charge in [-0.3, -0.25) is 4.79 Å². The van der Waals surface area contributed by atoms with Gasteiger partial charge in [-0.15, -0.1) is 0 Å². The third kappa shape index (κ3) is 3.91. The van der Waals surface area contributed by atoms with Gasteiger partial charge in [-0.1, -0.05) is 17.7 Å². The number of anilines is 2. The molecule has 0 unspecified atom stereocenters. The maximum absolute atomic E-state index is 12.2. The van der Waals surface area contributed by atoms with Gasteiger partial charge in [-0.05, 0) is 36.8 Å². The average molecular weight is 343 g/mol. The fourth-order valence-corrected chi connectivity index (χ4v) is 2.21. The topological polar surface area (TPSA) is 80.0 Å². The summed E-state index contributed by atoms with van der Waals surface area (Å²) in [5, 5.41) is 6.40. The maximum Gasteiger partial charge on any atom is 0.275 e. The highest BCUT2D eigenvalue weighted by Crippen LogP contribution is 2.20. The van der Waals surface area contributed by atoms with E-state index < -0.39 is 0 Å². The lowest BCUT2D eigenvalue weighted by Gasteiger charge is -2.09. The number of aryl methyl sites for hydroxylation is 1. The van der Waals surface area contributed by atoms with E-state index in [1.165, 1.54) is 12.4 Å². The first-order chi connectivity index (χ1) is 11.6. The summed E-state index contributed by atoms with van der Waals surface area (Å²) in [6, 6.07) is 8.97. The van der Waals surface area contributed by atoms with Crippen LogP contribution in [-0.2, 0) is 6.54 Å². The molecule has 0 fully saturated rings. The lowest BCUT2D eigenvalue weighted by molar-refractivity contribution is 0.102. The number of furan rings is 1. The molecule has 0 aliphatic heterocycles. The summed E-state index contributed by atoms with van der Waals surface area (Å²) in [7, 11) is 0. The standard InChI is InChI=1S/C17H15ClN4O2/c1-11-4-5-12(18)7-14(11)22-17(23)15-9-21-16(10-19-15)20-8-13-3-2-6-24-13/h2-7,9-10H,8H2,1H3,(H,20,21)(H,22,23). The van der Waals surface area contributed by atoms with Crippen LogP contribution in [-0.4, -0.2) is 15.9 Å². The molecule has 2 aromatic heterocycles. The number of hydrogen-bond acceptors (Lipinski definition) is 5. The lowest BCUT2D eigenvalue weighted by atomic mass is 10.2. The van der Waals surface area contributed by atoms with Crippen LogP contribution in [0.5, 0.6) is 0 Å². The van der Waals surface area contributed by atoms with E-state index in [0.29, 0.717) is 23.1 Å². The van der Waals surface area contributed by atoms with Crippen molar-refractivity contribution in [2.24, 2.45) is 0 Å². The van der Waals surface area contributed by atoms with Crippen LogP contribution in [0, 0.1) is 6.92 Å². The highest BCUT2D eigenvalue weighted by Gasteiger charge is 2.10. The molecule has 0 saturated carbocycles. The first kappa shape index (κ1) is 16.0. The number of carbonyl (C=O) groups excluding carboxylic acids is 1. The van der Waals surface area contributed by atoms with Crippen LogP contribution in [0.15, 0.2) is 53.4 Å². The zero-order valence-electron chi connectivity index (χ0n) is 12.9. The molecule has 0 atom stereocenters. The number of amides is 1. The van der Waals surface area contributed by atoms with Gasteiger partial charge >= 0.3 is 0 Å². The number of rotatable bonds is 5. The van der Waals surface area contributed by atoms with Crippen molar-refractivity contribution in [3.8, 4) is 0 Å². The minimum atomic E-state index is -0.342. The third-order valence-corrected chi connectivity index (χ3v) is 3.59. The van der Waals surface area contributed by atoms with E-state index in [9.17, 15) is 4.79 Å². The molecule has 1 amide bonds. The molecular formula is C17H15ClN4O2. The number of benzene rings is 1. The highest BCUT2D eigenvalue weighted by molar-refractivity contribution is 6.31. The first-order valence-electron chi connectivity index (χ1n) is 7.27. The molecular weight excluding hydrogens is 328 g/mol. The van der Waals surface area contributed by atoms with Gasteiger partial charge in [-0.25, -0.2) is 9.97 Å². The van der Waals surface area contributed by atoms with E-state index in [4.69, 9.17) is 16.0 Å². The van der Waals surface area contributed by atoms with Crippen LogP contribution in [0.2, 0.25) is 5.02 Å². The Hall–Kier alpha value is -2.86. The van der Waals surface area contributed by atoms with Crippen molar-refractivity contribution < 1.29 is 9.21 Å². The largest absolute Gasteiger partial charge is 0.467 e. The van der Waals surface area contributed by atoms with Gasteiger partial charge in [0.1, 0.15) is 17.3 Å². The van der Waals surface area contributed by atoms with Gasteiger partial charge in [0.15, 0.2) is 0 Å². The zero-order valence-corrected chi connectivity index (χ0v) is 13.7. The first-order valence-corrected chi connectivity index (χ1v) is 7.65. The van der Waals surface area contributed by atoms with E-state index in [-0.39, 0.29) is 11.6 Å². The smallest absolute Gasteiger partial charge is 0.275 e. The molecule has 1 aromatic carbocycles. The van der Waals surface area contributed by atoms with Gasteiger partial charge in [0.25, 0.3) is 5.91 Å². The third-order valence-electron chi connectivity index (χ3n) is 3.36. The number of carbonyl (C=O) groups is 1. The van der Waals surface area contributed by atoms with Crippen LogP contribution in [0.25, 0.3) is 0 Å². The molecule has 3 rings (SSSR count). The molecule has 0 aliphatic carbocycles. The zero-order chi connectivity index (χ0) is 16.9. The summed E-state index contributed by atoms with van der Waals surface area (Å²) in [6.45, 7) is 2.38. The summed E-state index contributed by atoms with van der Waals surface area (Å²) < 4.78 is 5.22. The van der Waals surface area contributed by atoms with E-state index in [1.54, 1.807) is 18.4 Å². The molecule has 0 aliphatic rings. The van der Waals surface area contributed by atoms with Gasteiger partial charge in [0.2, 0.25) is 0 Å². The average Bonchev–Trinajstić information content (AvgIpc) is 3.10. The minimum absolute atomic E-state index is 0.220. The highest BCUT2D eigenvalue weighted by atomic mass is 35.5. The number of hydrogen-bond donors (Lipinski definition) is 2. The second-order valence-electron chi connectivity index (χ2n) is 5.13. The van der Waals surface area contributed by atoms with Crippen molar-refractivity contribution in [3.63, 3.8) is 0 Å². The van der Waals surface area contributed by atoms with Crippen LogP contribution in [0.4, 0.5) is 11.5 Å². The molecule has 122 valence electrons. The summed E-state index contributed by atoms with van der Waals surface area (Å²) in [5.74, 6) is 1.00. The van der Waals surface area contributed by atoms with Crippen LogP contribution in [0.3, 0.4) is 0 Å². The summed E-state index contributed by atoms with van der Waals surface area (Å²) in [6.07, 6.45) is 4.52. The van der Waals surface area contributed by atoms with Gasteiger partial charge in [0, 0.05) is 10.7 Å². The van der Waals surface area contributed by atoms with Crippen molar-refractivity contribution in [1.82, 2.24) is 9.97 Å². The van der Waals surface area contributed by atoms with Crippen LogP contribution < -0.4 is 10.6 Å². The molecule has 24 heavy (non-hydrogen) atoms. The van der Waals surface area contributed by atoms with Crippen LogP contribution in [0.1, 0.15) is 21.8 Å². The Kier molecular flexibility index (Phi) is 4.77. The van der Waals surface area contributed by atoms with Gasteiger partial charge < -0.3 is 15.1 Å². The quantitative estimate of drug-likeness (QED) is 0.735. The van der Waals surface area contributed by atoms with E-state index in [1.807, 2.05) is 25.1 Å². The fourth-order valence-electron chi connectivity index (χ4n) is 2.04. The second-order valence-corrected chi connectivity index (χ2v) is 5.57. The van der Waals surface area contributed by atoms with Crippen molar-refractivity contribution in [3.05, 3.63) is 71.0 Å². The van der Waals surface area contributed by atoms with Crippen molar-refractivity contribution in [2.75, 3.05) is 10.6 Å². The molecule has 0 spiro atoms. The van der Waals surface area contributed by atoms with Crippen molar-refractivity contribution >= 4 is 29.0 Å². The Morgan fingerprint density at radius 2 is 2.12 bits per heavy atom. The van der Waals surface area contributed by atoms with E-state index in [2.05, 4.69) is 20.6 Å². The lowest BCUT2D eigenvalue weighted by Crippen LogP contribution is -2.15. The van der Waals surface area contributed by atoms with Gasteiger partial charge in [-0.2, -0.15) is 0 Å². The minimum Gasteiger partial charge on any atom is -0.467 e. The van der Waals surface area contributed by atoms with Crippen molar-refractivity contribution in [1.29, 1.82) is 0 Å². The normalized spacial score (nSPS) is 10.4. The number of nitrogens with zero attached hydrogens (tertiary/aromatic N) is 2. The molecule has 2 heterocycles. The van der Waals surface area contributed by atoms with Crippen molar-refractivity contribution in [2.45, 2.75) is 13.5 Å². The van der Waals surface area contributed by atoms with Crippen LogP contribution >= 0.6 is 11.6 Å². The Morgan fingerprint density at radius 3 is 2.83 bits per heavy atom. The molecule has 7 heteroatoms. The molecule has 6 nitrogen and oxygen atoms in total. The molecule has 0 radical (unpaired) electrons. The summed E-state index contributed by atoms with van der Waals surface area (Å²) in [5.41, 5.74) is 1.78. The Balaban J connectivity index is 1.64. The fraction of sp³-hybridized carbons (Fsp3) is 0.118. The molecule has 0 saturated heterocycles. The number of halogens is 1. The van der Waals surface area contributed by atoms with Gasteiger partial charge in [0.05, 0.1) is 25.2 Å². The summed E-state index contributed by atoms with van der Waals surface area (Å²) >= 11 is 5.95. The van der Waals surface area contributed by atoms with E-state index in [0.717, 1.165) is 11.3 Å². The predicted molar refractivity (Wildman–Crippen MR) is 92.2 cm³/mol. The molecule has 2 N–H and O–H groups in total. The molecule has 0 bridgehead atoms. The number of aromatic nitrogens is 2.